The second-order valence-electron chi connectivity index (χ2n) is 8.39. The van der Waals surface area contributed by atoms with Gasteiger partial charge in [-0.3, -0.25) is 0 Å². The average Bonchev–Trinajstić information content (AvgIpc) is 3.56. The van der Waals surface area contributed by atoms with Gasteiger partial charge < -0.3 is 36.7 Å². The topological polar surface area (TPSA) is 102 Å². The van der Waals surface area contributed by atoms with E-state index in [2.05, 4.69) is 63.1 Å². The highest BCUT2D eigenvalue weighted by molar-refractivity contribution is 5.91. The number of aromatic nitrogens is 1. The lowest BCUT2D eigenvalue weighted by molar-refractivity contribution is 0.235. The Kier molecular flexibility index (Phi) is 4.11. The largest absolute Gasteiger partial charge is 0.472 e. The molecule has 0 saturated carbocycles. The molecule has 2 aromatic carbocycles. The lowest BCUT2D eigenvalue weighted by atomic mass is 10.0. The maximum absolute atomic E-state index is 6.16. The summed E-state index contributed by atoms with van der Waals surface area (Å²) in [6, 6.07) is 15.2. The number of nitrogens with two attached hydrogens (primary N) is 2. The number of nitrogens with zero attached hydrogens (tertiary/aromatic N) is 1. The highest BCUT2D eigenvalue weighted by Crippen LogP contribution is 2.40. The molecule has 1 fully saturated rings. The second kappa shape index (κ2) is 6.99. The molecule has 6 rings (SSSR count). The van der Waals surface area contributed by atoms with Crippen LogP contribution in [-0.2, 0) is 6.73 Å². The van der Waals surface area contributed by atoms with Crippen molar-refractivity contribution in [1.82, 2.24) is 20.5 Å². The number of rotatable bonds is 3. The molecule has 3 aliphatic rings. The quantitative estimate of drug-likeness (QED) is 0.451. The molecule has 7 heteroatoms. The summed E-state index contributed by atoms with van der Waals surface area (Å²) >= 11 is 0. The Hall–Kier alpha value is -3.58. The van der Waals surface area contributed by atoms with Crippen LogP contribution >= 0.6 is 0 Å². The molecule has 31 heavy (non-hydrogen) atoms. The molecule has 0 aliphatic carbocycles. The van der Waals surface area contributed by atoms with Crippen LogP contribution in [0.15, 0.2) is 54.9 Å². The van der Waals surface area contributed by atoms with Gasteiger partial charge in [-0.2, -0.15) is 0 Å². The van der Waals surface area contributed by atoms with Crippen LogP contribution in [0.4, 0.5) is 0 Å². The Morgan fingerprint density at radius 1 is 1.16 bits per heavy atom. The van der Waals surface area contributed by atoms with Crippen molar-refractivity contribution >= 4 is 22.3 Å². The molecule has 3 aromatic rings. The van der Waals surface area contributed by atoms with Gasteiger partial charge in [-0.05, 0) is 55.3 Å². The van der Waals surface area contributed by atoms with Crippen LogP contribution in [-0.4, -0.2) is 23.3 Å². The molecule has 3 aliphatic heterocycles. The van der Waals surface area contributed by atoms with E-state index in [9.17, 15) is 0 Å². The van der Waals surface area contributed by atoms with E-state index in [4.69, 9.17) is 16.2 Å². The zero-order valence-electron chi connectivity index (χ0n) is 17.2. The Morgan fingerprint density at radius 3 is 2.94 bits per heavy atom. The first-order chi connectivity index (χ1) is 15.2. The standard InChI is InChI=1S/C24H26N6O/c25-11-18(26)14-4-6-21-16(8-14)9-22-17-5-3-15(10-23(17)31-13-30(21)22)20-12-28-24(29-20)19-2-1-7-27-19/h3-6,8-12,19,24,27-29H,1-2,7,13,25-26H2/b18-11-/t19-,24?/m0/s1. The number of ether oxygens (including phenoxy) is 1. The van der Waals surface area contributed by atoms with Crippen LogP contribution in [0.1, 0.15) is 24.0 Å². The number of hydrogen-bond donors (Lipinski definition) is 5. The molecule has 2 atom stereocenters. The van der Waals surface area contributed by atoms with E-state index in [0.29, 0.717) is 18.5 Å². The van der Waals surface area contributed by atoms with Crippen LogP contribution in [0, 0.1) is 0 Å². The van der Waals surface area contributed by atoms with Gasteiger partial charge in [0.15, 0.2) is 6.73 Å². The van der Waals surface area contributed by atoms with Gasteiger partial charge in [0.05, 0.1) is 22.6 Å². The van der Waals surface area contributed by atoms with Crippen LogP contribution in [0.25, 0.3) is 33.6 Å². The Morgan fingerprint density at radius 2 is 2.10 bits per heavy atom. The summed E-state index contributed by atoms with van der Waals surface area (Å²) < 4.78 is 8.36. The van der Waals surface area contributed by atoms with Gasteiger partial charge in [-0.15, -0.1) is 0 Å². The minimum Gasteiger partial charge on any atom is -0.472 e. The predicted molar refractivity (Wildman–Crippen MR) is 123 cm³/mol. The van der Waals surface area contributed by atoms with Crippen molar-refractivity contribution in [2.45, 2.75) is 31.8 Å². The van der Waals surface area contributed by atoms with Crippen LogP contribution < -0.4 is 32.2 Å². The summed E-state index contributed by atoms with van der Waals surface area (Å²) in [5, 5.41) is 11.8. The van der Waals surface area contributed by atoms with Crippen molar-refractivity contribution < 1.29 is 4.74 Å². The van der Waals surface area contributed by atoms with E-state index < -0.39 is 0 Å². The maximum atomic E-state index is 6.16. The van der Waals surface area contributed by atoms with Gasteiger partial charge in [0.1, 0.15) is 11.9 Å². The predicted octanol–water partition coefficient (Wildman–Crippen LogP) is 2.44. The van der Waals surface area contributed by atoms with E-state index in [-0.39, 0.29) is 6.17 Å². The van der Waals surface area contributed by atoms with Gasteiger partial charge >= 0.3 is 0 Å². The zero-order valence-corrected chi connectivity index (χ0v) is 17.2. The van der Waals surface area contributed by atoms with E-state index >= 15 is 0 Å². The van der Waals surface area contributed by atoms with E-state index in [1.165, 1.54) is 19.0 Å². The molecule has 7 N–H and O–H groups in total. The monoisotopic (exact) mass is 414 g/mol. The minimum atomic E-state index is 0.237. The Labute approximate surface area is 180 Å². The lowest BCUT2D eigenvalue weighted by Gasteiger charge is -2.23. The van der Waals surface area contributed by atoms with Crippen molar-refractivity contribution in [2.24, 2.45) is 11.5 Å². The van der Waals surface area contributed by atoms with E-state index in [1.54, 1.807) is 0 Å². The third-order valence-corrected chi connectivity index (χ3v) is 6.55. The Bertz CT molecular complexity index is 1230. The maximum Gasteiger partial charge on any atom is 0.165 e. The van der Waals surface area contributed by atoms with Gasteiger partial charge in [0.2, 0.25) is 0 Å². The van der Waals surface area contributed by atoms with Crippen molar-refractivity contribution in [3.8, 4) is 17.0 Å². The summed E-state index contributed by atoms with van der Waals surface area (Å²) in [6.45, 7) is 1.58. The fraction of sp³-hybridized carbons (Fsp3) is 0.250. The molecule has 0 radical (unpaired) electrons. The fourth-order valence-corrected chi connectivity index (χ4v) is 4.87. The van der Waals surface area contributed by atoms with Crippen molar-refractivity contribution in [3.05, 3.63) is 66.0 Å². The first kappa shape index (κ1) is 18.2. The summed E-state index contributed by atoms with van der Waals surface area (Å²) in [5.74, 6) is 0.902. The molecule has 0 spiro atoms. The summed E-state index contributed by atoms with van der Waals surface area (Å²) in [4.78, 5) is 0. The van der Waals surface area contributed by atoms with Gasteiger partial charge in [-0.1, -0.05) is 12.1 Å². The van der Waals surface area contributed by atoms with Crippen molar-refractivity contribution in [3.63, 3.8) is 0 Å². The molecular formula is C24H26N6O. The molecule has 7 nitrogen and oxygen atoms in total. The van der Waals surface area contributed by atoms with Crippen molar-refractivity contribution in [1.29, 1.82) is 0 Å². The average molecular weight is 415 g/mol. The lowest BCUT2D eigenvalue weighted by Crippen LogP contribution is -2.47. The normalized spacial score (nSPS) is 22.3. The van der Waals surface area contributed by atoms with E-state index in [0.717, 1.165) is 51.3 Å². The smallest absolute Gasteiger partial charge is 0.165 e. The molecule has 0 bridgehead atoms. The number of hydrogen-bond acceptors (Lipinski definition) is 6. The highest BCUT2D eigenvalue weighted by Gasteiger charge is 2.28. The fourth-order valence-electron chi connectivity index (χ4n) is 4.87. The number of fused-ring (bicyclic) bond motifs is 5. The van der Waals surface area contributed by atoms with Crippen molar-refractivity contribution in [2.75, 3.05) is 6.54 Å². The molecule has 0 amide bonds. The van der Waals surface area contributed by atoms with Crippen LogP contribution in [0.5, 0.6) is 5.75 Å². The van der Waals surface area contributed by atoms with Gasteiger partial charge in [-0.25, -0.2) is 0 Å². The summed E-state index contributed by atoms with van der Waals surface area (Å²) in [7, 11) is 0. The first-order valence-corrected chi connectivity index (χ1v) is 10.8. The minimum absolute atomic E-state index is 0.237. The van der Waals surface area contributed by atoms with Gasteiger partial charge in [0, 0.05) is 35.0 Å². The molecule has 158 valence electrons. The van der Waals surface area contributed by atoms with Gasteiger partial charge in [0.25, 0.3) is 0 Å². The zero-order chi connectivity index (χ0) is 20.9. The third-order valence-electron chi connectivity index (χ3n) is 6.55. The first-order valence-electron chi connectivity index (χ1n) is 10.8. The number of nitrogens with one attached hydrogen (secondary N) is 3. The van der Waals surface area contributed by atoms with Crippen LogP contribution in [0.3, 0.4) is 0 Å². The second-order valence-corrected chi connectivity index (χ2v) is 8.39. The molecular weight excluding hydrogens is 388 g/mol. The van der Waals surface area contributed by atoms with Crippen LogP contribution in [0.2, 0.25) is 0 Å². The molecule has 1 aromatic heterocycles. The summed E-state index contributed by atoms with van der Waals surface area (Å²) in [5.41, 5.74) is 18.7. The SMILES string of the molecule is N/C=C(\N)c1ccc2c(c1)cc1n2COc2cc(C3=CNC([C@@H]4CCCN4)N3)ccc2-1. The molecule has 1 unspecified atom stereocenters. The van der Waals surface area contributed by atoms with E-state index in [1.807, 2.05) is 6.07 Å². The molecule has 4 heterocycles. The third kappa shape index (κ3) is 2.92. The number of benzene rings is 2. The molecule has 1 saturated heterocycles. The Balaban J connectivity index is 1.32. The summed E-state index contributed by atoms with van der Waals surface area (Å²) in [6.07, 6.45) is 6.17. The highest BCUT2D eigenvalue weighted by atomic mass is 16.5.